The van der Waals surface area contributed by atoms with Crippen LogP contribution >= 0.6 is 35.3 Å². The number of aromatic nitrogens is 1. The topological polar surface area (TPSA) is 86.7 Å². The Kier molecular flexibility index (Phi) is 9.89. The highest BCUT2D eigenvalue weighted by Gasteiger charge is 2.33. The van der Waals surface area contributed by atoms with Crippen LogP contribution in [0.15, 0.2) is 10.4 Å². The Morgan fingerprint density at radius 1 is 1.36 bits per heavy atom. The number of piperidine rings is 1. The molecular weight excluding hydrogens is 530 g/mol. The zero-order chi connectivity index (χ0) is 20.1. The van der Waals surface area contributed by atoms with Crippen molar-refractivity contribution >= 4 is 51.3 Å². The molecule has 1 aliphatic rings. The second-order valence-electron chi connectivity index (χ2n) is 6.36. The van der Waals surface area contributed by atoms with Crippen LogP contribution in [0.3, 0.4) is 0 Å². The molecule has 0 radical (unpaired) electrons. The lowest BCUT2D eigenvalue weighted by Gasteiger charge is -2.30. The van der Waals surface area contributed by atoms with Gasteiger partial charge in [0.05, 0.1) is 11.3 Å². The third kappa shape index (κ3) is 7.99. The minimum atomic E-state index is -4.41. The Balaban J connectivity index is 0.00000392. The fraction of sp³-hybridized carbons (Fsp3) is 0.733. The molecule has 0 aromatic carbocycles. The van der Waals surface area contributed by atoms with E-state index < -0.39 is 21.9 Å². The summed E-state index contributed by atoms with van der Waals surface area (Å²) >= 11 is 0.989. The van der Waals surface area contributed by atoms with Crippen molar-refractivity contribution in [1.29, 1.82) is 0 Å². The summed E-state index contributed by atoms with van der Waals surface area (Å²) in [5.41, 5.74) is -0.856. The molecule has 0 saturated carbocycles. The molecular formula is C15H25F3IN5O2S2. The van der Waals surface area contributed by atoms with Gasteiger partial charge in [0.1, 0.15) is 0 Å². The molecule has 2 N–H and O–H groups in total. The predicted molar refractivity (Wildman–Crippen MR) is 115 cm³/mol. The molecule has 1 saturated heterocycles. The molecule has 7 nitrogen and oxygen atoms in total. The molecule has 0 amide bonds. The van der Waals surface area contributed by atoms with Crippen molar-refractivity contribution in [3.63, 3.8) is 0 Å². The van der Waals surface area contributed by atoms with Crippen LogP contribution in [0.2, 0.25) is 0 Å². The Hall–Kier alpha value is -0.670. The predicted octanol–water partition coefficient (Wildman–Crippen LogP) is 2.16. The average Bonchev–Trinajstić information content (AvgIpc) is 3.07. The maximum absolute atomic E-state index is 12.5. The van der Waals surface area contributed by atoms with E-state index >= 15 is 0 Å². The Bertz CT molecular complexity index is 747. The average molecular weight is 555 g/mol. The molecule has 1 aromatic heterocycles. The summed E-state index contributed by atoms with van der Waals surface area (Å²) in [5.74, 6) is 0.906. The number of aliphatic imine (C=N–C) groups is 1. The molecule has 2 rings (SSSR count). The first-order valence-electron chi connectivity index (χ1n) is 8.51. The molecule has 13 heteroatoms. The molecule has 0 atom stereocenters. The number of sulfonamides is 1. The SMILES string of the molecule is CN=C(NCCc1nc(C(F)(F)F)cs1)NCC1CCN(S(C)(=O)=O)CC1.I. The summed E-state index contributed by atoms with van der Waals surface area (Å²) in [6, 6.07) is 0. The van der Waals surface area contributed by atoms with E-state index in [2.05, 4.69) is 20.6 Å². The van der Waals surface area contributed by atoms with Gasteiger partial charge in [0.2, 0.25) is 10.0 Å². The fourth-order valence-corrected chi connectivity index (χ4v) is 4.43. The van der Waals surface area contributed by atoms with E-state index in [1.807, 2.05) is 0 Å². The van der Waals surface area contributed by atoms with Gasteiger partial charge in [-0.05, 0) is 18.8 Å². The molecule has 162 valence electrons. The van der Waals surface area contributed by atoms with E-state index in [9.17, 15) is 21.6 Å². The molecule has 1 aliphatic heterocycles. The number of hydrogen-bond donors (Lipinski definition) is 2. The van der Waals surface area contributed by atoms with Crippen molar-refractivity contribution in [3.8, 4) is 0 Å². The van der Waals surface area contributed by atoms with Crippen molar-refractivity contribution in [3.05, 3.63) is 16.1 Å². The lowest BCUT2D eigenvalue weighted by Crippen LogP contribution is -2.44. The van der Waals surface area contributed by atoms with Crippen LogP contribution in [0.5, 0.6) is 0 Å². The van der Waals surface area contributed by atoms with Crippen LogP contribution in [0.1, 0.15) is 23.5 Å². The number of nitrogens with one attached hydrogen (secondary N) is 2. The number of rotatable bonds is 6. The van der Waals surface area contributed by atoms with Crippen molar-refractivity contribution in [2.45, 2.75) is 25.4 Å². The zero-order valence-corrected chi connectivity index (χ0v) is 19.6. The van der Waals surface area contributed by atoms with Gasteiger partial charge in [-0.3, -0.25) is 4.99 Å². The summed E-state index contributed by atoms with van der Waals surface area (Å²) in [7, 11) is -1.51. The summed E-state index contributed by atoms with van der Waals surface area (Å²) in [6.07, 6.45) is -1.27. The highest BCUT2D eigenvalue weighted by Crippen LogP contribution is 2.30. The van der Waals surface area contributed by atoms with Gasteiger partial charge in [-0.15, -0.1) is 35.3 Å². The molecule has 0 unspecified atom stereocenters. The van der Waals surface area contributed by atoms with E-state index in [4.69, 9.17) is 0 Å². The number of thiazole rings is 1. The molecule has 0 bridgehead atoms. The van der Waals surface area contributed by atoms with Crippen molar-refractivity contribution in [2.24, 2.45) is 10.9 Å². The lowest BCUT2D eigenvalue weighted by molar-refractivity contribution is -0.140. The molecule has 0 spiro atoms. The number of nitrogens with zero attached hydrogens (tertiary/aromatic N) is 3. The molecule has 0 aliphatic carbocycles. The first-order valence-corrected chi connectivity index (χ1v) is 11.2. The van der Waals surface area contributed by atoms with Crippen LogP contribution in [-0.2, 0) is 22.6 Å². The van der Waals surface area contributed by atoms with Crippen LogP contribution < -0.4 is 10.6 Å². The van der Waals surface area contributed by atoms with Crippen LogP contribution in [0.25, 0.3) is 0 Å². The van der Waals surface area contributed by atoms with Crippen LogP contribution in [0, 0.1) is 5.92 Å². The highest BCUT2D eigenvalue weighted by atomic mass is 127. The molecule has 2 heterocycles. The minimum Gasteiger partial charge on any atom is -0.356 e. The molecule has 28 heavy (non-hydrogen) atoms. The number of hydrogen-bond acceptors (Lipinski definition) is 5. The fourth-order valence-electron chi connectivity index (χ4n) is 2.75. The van der Waals surface area contributed by atoms with Crippen molar-refractivity contribution < 1.29 is 21.6 Å². The lowest BCUT2D eigenvalue weighted by atomic mass is 9.98. The summed E-state index contributed by atoms with van der Waals surface area (Å²) in [4.78, 5) is 7.68. The molecule has 1 aromatic rings. The van der Waals surface area contributed by atoms with Crippen molar-refractivity contribution in [1.82, 2.24) is 19.9 Å². The standard InChI is InChI=1S/C15H24F3N5O2S2.HI/c1-19-14(20-6-3-13-22-12(10-26-13)15(16,17)18)21-9-11-4-7-23(8-5-11)27(2,24)25;/h10-11H,3-9H2,1-2H3,(H2,19,20,21);1H. The largest absolute Gasteiger partial charge is 0.434 e. The monoisotopic (exact) mass is 555 g/mol. The summed E-state index contributed by atoms with van der Waals surface area (Å²) < 4.78 is 62.1. The Morgan fingerprint density at radius 2 is 2.00 bits per heavy atom. The van der Waals surface area contributed by atoms with Gasteiger partial charge in [-0.2, -0.15) is 13.2 Å². The van der Waals surface area contributed by atoms with Gasteiger partial charge in [0.15, 0.2) is 11.7 Å². The highest BCUT2D eigenvalue weighted by molar-refractivity contribution is 14.0. The van der Waals surface area contributed by atoms with Crippen LogP contribution in [0.4, 0.5) is 13.2 Å². The normalized spacial score (nSPS) is 17.2. The van der Waals surface area contributed by atoms with Gasteiger partial charge in [-0.25, -0.2) is 17.7 Å². The second kappa shape index (κ2) is 10.9. The maximum Gasteiger partial charge on any atom is 0.434 e. The van der Waals surface area contributed by atoms with E-state index in [0.29, 0.717) is 49.5 Å². The molecule has 1 fully saturated rings. The van der Waals surface area contributed by atoms with E-state index in [-0.39, 0.29) is 24.0 Å². The van der Waals surface area contributed by atoms with E-state index in [0.717, 1.165) is 29.6 Å². The van der Waals surface area contributed by atoms with Gasteiger partial charge < -0.3 is 10.6 Å². The van der Waals surface area contributed by atoms with Crippen molar-refractivity contribution in [2.75, 3.05) is 39.5 Å². The first kappa shape index (κ1) is 25.4. The Labute approximate surface area is 184 Å². The Morgan fingerprint density at radius 3 is 2.50 bits per heavy atom. The third-order valence-corrected chi connectivity index (χ3v) is 6.51. The van der Waals surface area contributed by atoms with E-state index in [1.165, 1.54) is 10.6 Å². The van der Waals surface area contributed by atoms with Crippen LogP contribution in [-0.4, -0.2) is 63.1 Å². The van der Waals surface area contributed by atoms with Gasteiger partial charge in [0.25, 0.3) is 0 Å². The van der Waals surface area contributed by atoms with Gasteiger partial charge in [-0.1, -0.05) is 0 Å². The number of halogens is 4. The summed E-state index contributed by atoms with van der Waals surface area (Å²) in [6.45, 7) is 2.11. The second-order valence-corrected chi connectivity index (χ2v) is 9.28. The third-order valence-electron chi connectivity index (χ3n) is 4.30. The maximum atomic E-state index is 12.5. The van der Waals surface area contributed by atoms with E-state index in [1.54, 1.807) is 7.05 Å². The summed E-state index contributed by atoms with van der Waals surface area (Å²) in [5, 5.41) is 7.67. The first-order chi connectivity index (χ1) is 12.6. The quantitative estimate of drug-likeness (QED) is 0.320. The smallest absolute Gasteiger partial charge is 0.356 e. The van der Waals surface area contributed by atoms with Gasteiger partial charge in [0, 0.05) is 45.0 Å². The number of guanidine groups is 1. The minimum absolute atomic E-state index is 0. The number of alkyl halides is 3. The zero-order valence-electron chi connectivity index (χ0n) is 15.6. The van der Waals surface area contributed by atoms with Gasteiger partial charge >= 0.3 is 6.18 Å².